The fourth-order valence-electron chi connectivity index (χ4n) is 2.05. The highest BCUT2D eigenvalue weighted by Gasteiger charge is 2.33. The number of benzene rings is 2. The molecule has 2 aromatic rings. The summed E-state index contributed by atoms with van der Waals surface area (Å²) in [7, 11) is 0. The average Bonchev–Trinajstić information content (AvgIpc) is 2.59. The number of alkyl halides is 3. The standard InChI is InChI=1S/C16H12F3N3O4S/c17-16(18,19)10-4-5-13(12(7-10)22(25)26)27-8-14(23)21-11-3-1-2-9(6-11)15(20)24/h1-7H,8H2,(H2,20,24)(H,21,23). The van der Waals surface area contributed by atoms with Crippen LogP contribution in [0.3, 0.4) is 0 Å². The van der Waals surface area contributed by atoms with Crippen LogP contribution in [0.4, 0.5) is 24.5 Å². The molecule has 7 nitrogen and oxygen atoms in total. The van der Waals surface area contributed by atoms with Crippen molar-refractivity contribution in [3.8, 4) is 0 Å². The van der Waals surface area contributed by atoms with Crippen LogP contribution in [0.15, 0.2) is 47.4 Å². The second kappa shape index (κ2) is 8.08. The van der Waals surface area contributed by atoms with Gasteiger partial charge in [-0.2, -0.15) is 13.2 Å². The molecule has 0 radical (unpaired) electrons. The number of nitrogens with two attached hydrogens (primary N) is 1. The summed E-state index contributed by atoms with van der Waals surface area (Å²) < 4.78 is 38.0. The Balaban J connectivity index is 2.09. The van der Waals surface area contributed by atoms with E-state index in [-0.39, 0.29) is 16.2 Å². The molecule has 2 rings (SSSR count). The molecule has 0 bridgehead atoms. The smallest absolute Gasteiger partial charge is 0.366 e. The largest absolute Gasteiger partial charge is 0.416 e. The number of hydrogen-bond donors (Lipinski definition) is 2. The van der Waals surface area contributed by atoms with Crippen molar-refractivity contribution in [1.82, 2.24) is 0 Å². The van der Waals surface area contributed by atoms with E-state index < -0.39 is 34.2 Å². The normalized spacial score (nSPS) is 11.1. The number of nitro groups is 1. The molecule has 0 saturated carbocycles. The third kappa shape index (κ3) is 5.45. The van der Waals surface area contributed by atoms with Crippen molar-refractivity contribution < 1.29 is 27.7 Å². The lowest BCUT2D eigenvalue weighted by molar-refractivity contribution is -0.388. The van der Waals surface area contributed by atoms with E-state index in [9.17, 15) is 32.9 Å². The first-order chi connectivity index (χ1) is 12.6. The predicted molar refractivity (Wildman–Crippen MR) is 92.4 cm³/mol. The highest BCUT2D eigenvalue weighted by Crippen LogP contribution is 2.36. The van der Waals surface area contributed by atoms with Crippen LogP contribution >= 0.6 is 11.8 Å². The van der Waals surface area contributed by atoms with Gasteiger partial charge in [0.15, 0.2) is 0 Å². The van der Waals surface area contributed by atoms with E-state index in [2.05, 4.69) is 5.32 Å². The molecular formula is C16H12F3N3O4S. The van der Waals surface area contributed by atoms with E-state index in [4.69, 9.17) is 5.73 Å². The van der Waals surface area contributed by atoms with Crippen molar-refractivity contribution in [2.24, 2.45) is 5.73 Å². The minimum Gasteiger partial charge on any atom is -0.366 e. The van der Waals surface area contributed by atoms with Crippen LogP contribution in [0.1, 0.15) is 15.9 Å². The van der Waals surface area contributed by atoms with Gasteiger partial charge in [-0.1, -0.05) is 6.07 Å². The third-order valence-corrected chi connectivity index (χ3v) is 4.34. The van der Waals surface area contributed by atoms with Crippen LogP contribution in [-0.2, 0) is 11.0 Å². The number of carbonyl (C=O) groups excluding carboxylic acids is 2. The summed E-state index contributed by atoms with van der Waals surface area (Å²) in [5.74, 6) is -1.52. The summed E-state index contributed by atoms with van der Waals surface area (Å²) in [6.45, 7) is 0. The molecule has 0 aliphatic rings. The number of nitro benzene ring substituents is 1. The van der Waals surface area contributed by atoms with E-state index in [1.165, 1.54) is 24.3 Å². The lowest BCUT2D eigenvalue weighted by Gasteiger charge is -2.09. The number of anilines is 1. The quantitative estimate of drug-likeness (QED) is 0.439. The molecule has 2 aromatic carbocycles. The molecule has 0 aliphatic carbocycles. The van der Waals surface area contributed by atoms with Gasteiger partial charge in [0.2, 0.25) is 11.8 Å². The maximum Gasteiger partial charge on any atom is 0.416 e. The topological polar surface area (TPSA) is 115 Å². The lowest BCUT2D eigenvalue weighted by Crippen LogP contribution is -2.16. The number of nitrogens with one attached hydrogen (secondary N) is 1. The highest BCUT2D eigenvalue weighted by molar-refractivity contribution is 8.00. The highest BCUT2D eigenvalue weighted by atomic mass is 32.2. The molecule has 0 unspecified atom stereocenters. The SMILES string of the molecule is NC(=O)c1cccc(NC(=O)CSc2ccc(C(F)(F)F)cc2[N+](=O)[O-])c1. The predicted octanol–water partition coefficient (Wildman–Crippen LogP) is 3.44. The van der Waals surface area contributed by atoms with Crippen molar-refractivity contribution in [3.05, 3.63) is 63.7 Å². The summed E-state index contributed by atoms with van der Waals surface area (Å²) in [4.78, 5) is 33.1. The molecule has 142 valence electrons. The first-order valence-electron chi connectivity index (χ1n) is 7.26. The van der Waals surface area contributed by atoms with Gasteiger partial charge in [0.05, 0.1) is 21.1 Å². The molecule has 2 amide bonds. The number of thioether (sulfide) groups is 1. The van der Waals surface area contributed by atoms with Crippen molar-refractivity contribution >= 4 is 35.0 Å². The maximum absolute atomic E-state index is 12.7. The minimum absolute atomic E-state index is 0.0750. The van der Waals surface area contributed by atoms with E-state index >= 15 is 0 Å². The van der Waals surface area contributed by atoms with E-state index in [0.29, 0.717) is 17.8 Å². The molecule has 0 heterocycles. The van der Waals surface area contributed by atoms with Gasteiger partial charge >= 0.3 is 6.18 Å². The van der Waals surface area contributed by atoms with Crippen LogP contribution in [0.25, 0.3) is 0 Å². The Kier molecular flexibility index (Phi) is 6.05. The van der Waals surface area contributed by atoms with Crippen LogP contribution < -0.4 is 11.1 Å². The number of carbonyl (C=O) groups is 2. The molecular weight excluding hydrogens is 387 g/mol. The van der Waals surface area contributed by atoms with E-state index in [0.717, 1.165) is 17.8 Å². The molecule has 0 aliphatic heterocycles. The Labute approximate surface area is 154 Å². The number of amides is 2. The van der Waals surface area contributed by atoms with Crippen LogP contribution in [0.2, 0.25) is 0 Å². The van der Waals surface area contributed by atoms with Gasteiger partial charge in [0.1, 0.15) is 0 Å². The monoisotopic (exact) mass is 399 g/mol. The van der Waals surface area contributed by atoms with Gasteiger partial charge in [-0.25, -0.2) is 0 Å². The molecule has 0 atom stereocenters. The molecule has 11 heteroatoms. The van der Waals surface area contributed by atoms with Crippen molar-refractivity contribution in [1.29, 1.82) is 0 Å². The third-order valence-electron chi connectivity index (χ3n) is 3.27. The molecule has 27 heavy (non-hydrogen) atoms. The summed E-state index contributed by atoms with van der Waals surface area (Å²) in [6.07, 6.45) is -4.71. The Morgan fingerprint density at radius 2 is 1.89 bits per heavy atom. The second-order valence-corrected chi connectivity index (χ2v) is 6.24. The van der Waals surface area contributed by atoms with E-state index in [1.807, 2.05) is 0 Å². The zero-order valence-electron chi connectivity index (χ0n) is 13.4. The van der Waals surface area contributed by atoms with Crippen molar-refractivity contribution in [2.75, 3.05) is 11.1 Å². The minimum atomic E-state index is -4.71. The Bertz CT molecular complexity index is 903. The maximum atomic E-state index is 12.7. The fraction of sp³-hybridized carbons (Fsp3) is 0.125. The zero-order chi connectivity index (χ0) is 20.2. The number of nitrogens with zero attached hydrogens (tertiary/aromatic N) is 1. The number of hydrogen-bond acceptors (Lipinski definition) is 5. The van der Waals surface area contributed by atoms with Crippen molar-refractivity contribution in [3.63, 3.8) is 0 Å². The summed E-state index contributed by atoms with van der Waals surface area (Å²) >= 11 is 0.720. The van der Waals surface area contributed by atoms with Crippen LogP contribution in [-0.4, -0.2) is 22.5 Å². The van der Waals surface area contributed by atoms with Crippen molar-refractivity contribution in [2.45, 2.75) is 11.1 Å². The van der Waals surface area contributed by atoms with Crippen LogP contribution in [0.5, 0.6) is 0 Å². The number of rotatable bonds is 6. The zero-order valence-corrected chi connectivity index (χ0v) is 14.3. The molecule has 0 aromatic heterocycles. The van der Waals surface area contributed by atoms with E-state index in [1.54, 1.807) is 0 Å². The lowest BCUT2D eigenvalue weighted by atomic mass is 10.2. The molecule has 0 fully saturated rings. The van der Waals surface area contributed by atoms with Crippen LogP contribution in [0, 0.1) is 10.1 Å². The number of primary amides is 1. The molecule has 0 spiro atoms. The first kappa shape index (κ1) is 20.2. The van der Waals surface area contributed by atoms with Gasteiger partial charge in [-0.15, -0.1) is 11.8 Å². The fourth-order valence-corrected chi connectivity index (χ4v) is 2.85. The van der Waals surface area contributed by atoms with Gasteiger partial charge in [-0.05, 0) is 30.3 Å². The van der Waals surface area contributed by atoms with Gasteiger partial charge < -0.3 is 11.1 Å². The number of halogens is 3. The Hall–Kier alpha value is -3.08. The second-order valence-electron chi connectivity index (χ2n) is 5.22. The molecule has 0 saturated heterocycles. The van der Waals surface area contributed by atoms with Gasteiger partial charge in [0, 0.05) is 17.3 Å². The first-order valence-corrected chi connectivity index (χ1v) is 8.24. The Morgan fingerprint density at radius 1 is 1.19 bits per heavy atom. The Morgan fingerprint density at radius 3 is 2.48 bits per heavy atom. The average molecular weight is 399 g/mol. The summed E-state index contributed by atoms with van der Waals surface area (Å²) in [6, 6.07) is 7.91. The van der Waals surface area contributed by atoms with Gasteiger partial charge in [-0.3, -0.25) is 19.7 Å². The summed E-state index contributed by atoms with van der Waals surface area (Å²) in [5.41, 5.74) is 3.72. The molecule has 3 N–H and O–H groups in total. The van der Waals surface area contributed by atoms with Gasteiger partial charge in [0.25, 0.3) is 5.69 Å². The summed E-state index contributed by atoms with van der Waals surface area (Å²) in [5, 5.41) is 13.5.